The van der Waals surface area contributed by atoms with Crippen molar-refractivity contribution in [3.63, 3.8) is 0 Å². The van der Waals surface area contributed by atoms with Gasteiger partial charge < -0.3 is 10.1 Å². The Morgan fingerprint density at radius 2 is 1.58 bits per heavy atom. The SMILES string of the molecule is CC1CN(S(=O)(=O)c2cc(C(=O)Nc3c(C(C)C)cccc3C(C)C)ccc2Cl)CC(C)O1. The van der Waals surface area contributed by atoms with Gasteiger partial charge in [0.2, 0.25) is 10.0 Å². The summed E-state index contributed by atoms with van der Waals surface area (Å²) in [6.45, 7) is 12.4. The summed E-state index contributed by atoms with van der Waals surface area (Å²) in [6.07, 6.45) is -0.452. The molecule has 1 heterocycles. The first-order valence-corrected chi connectivity index (χ1v) is 13.1. The number of nitrogens with one attached hydrogen (secondary N) is 1. The summed E-state index contributed by atoms with van der Waals surface area (Å²) in [5.41, 5.74) is 3.09. The zero-order valence-electron chi connectivity index (χ0n) is 20.1. The quantitative estimate of drug-likeness (QED) is 0.566. The monoisotopic (exact) mass is 492 g/mol. The second-order valence-corrected chi connectivity index (χ2v) is 11.6. The average molecular weight is 493 g/mol. The molecule has 0 spiro atoms. The molecule has 1 N–H and O–H groups in total. The minimum absolute atomic E-state index is 0.0701. The number of benzene rings is 2. The van der Waals surface area contributed by atoms with Crippen LogP contribution in [0.3, 0.4) is 0 Å². The molecule has 1 amide bonds. The van der Waals surface area contributed by atoms with Gasteiger partial charge in [0, 0.05) is 24.3 Å². The number of ether oxygens (including phenoxy) is 1. The van der Waals surface area contributed by atoms with E-state index >= 15 is 0 Å². The van der Waals surface area contributed by atoms with Crippen LogP contribution in [0, 0.1) is 0 Å². The summed E-state index contributed by atoms with van der Waals surface area (Å²) in [5, 5.41) is 3.13. The normalized spacial score (nSPS) is 19.8. The van der Waals surface area contributed by atoms with E-state index in [-0.39, 0.29) is 58.5 Å². The molecule has 1 saturated heterocycles. The van der Waals surface area contributed by atoms with Crippen molar-refractivity contribution in [2.45, 2.75) is 70.5 Å². The summed E-state index contributed by atoms with van der Waals surface area (Å²) in [6, 6.07) is 10.4. The highest BCUT2D eigenvalue weighted by molar-refractivity contribution is 7.89. The number of morpholine rings is 1. The van der Waals surface area contributed by atoms with Crippen molar-refractivity contribution in [2.24, 2.45) is 0 Å². The van der Waals surface area contributed by atoms with Gasteiger partial charge in [-0.3, -0.25) is 4.79 Å². The van der Waals surface area contributed by atoms with Gasteiger partial charge in [0.1, 0.15) is 4.90 Å². The Morgan fingerprint density at radius 3 is 2.09 bits per heavy atom. The van der Waals surface area contributed by atoms with E-state index in [0.717, 1.165) is 16.8 Å². The first-order valence-electron chi connectivity index (χ1n) is 11.3. The topological polar surface area (TPSA) is 75.7 Å². The molecule has 3 rings (SSSR count). The highest BCUT2D eigenvalue weighted by Gasteiger charge is 2.34. The fourth-order valence-corrected chi connectivity index (χ4v) is 6.28. The van der Waals surface area contributed by atoms with Gasteiger partial charge in [-0.05, 0) is 55.0 Å². The van der Waals surface area contributed by atoms with E-state index in [2.05, 4.69) is 33.0 Å². The molecule has 0 aromatic heterocycles. The number of hydrogen-bond acceptors (Lipinski definition) is 4. The summed E-state index contributed by atoms with van der Waals surface area (Å²) in [7, 11) is -3.89. The van der Waals surface area contributed by atoms with Gasteiger partial charge in [-0.1, -0.05) is 57.5 Å². The van der Waals surface area contributed by atoms with Crippen LogP contribution >= 0.6 is 11.6 Å². The third kappa shape index (κ3) is 5.60. The van der Waals surface area contributed by atoms with Crippen molar-refractivity contribution in [1.29, 1.82) is 0 Å². The van der Waals surface area contributed by atoms with Gasteiger partial charge in [0.25, 0.3) is 5.91 Å². The van der Waals surface area contributed by atoms with Crippen molar-refractivity contribution in [3.05, 3.63) is 58.1 Å². The number of hydrogen-bond donors (Lipinski definition) is 1. The third-order valence-electron chi connectivity index (χ3n) is 5.81. The Morgan fingerprint density at radius 1 is 1.03 bits per heavy atom. The average Bonchev–Trinajstić information content (AvgIpc) is 2.72. The van der Waals surface area contributed by atoms with Crippen LogP contribution in [0.15, 0.2) is 41.3 Å². The van der Waals surface area contributed by atoms with Crippen molar-refractivity contribution >= 4 is 33.2 Å². The largest absolute Gasteiger partial charge is 0.373 e. The van der Waals surface area contributed by atoms with Gasteiger partial charge in [0.15, 0.2) is 0 Å². The van der Waals surface area contributed by atoms with Crippen LogP contribution in [0.1, 0.15) is 74.9 Å². The number of rotatable bonds is 6. The van der Waals surface area contributed by atoms with E-state index in [1.54, 1.807) is 6.07 Å². The summed E-state index contributed by atoms with van der Waals surface area (Å²) in [5.74, 6) is 0.0535. The van der Waals surface area contributed by atoms with Crippen LogP contribution in [0.5, 0.6) is 0 Å². The molecule has 33 heavy (non-hydrogen) atoms. The van der Waals surface area contributed by atoms with Crippen LogP contribution in [0.4, 0.5) is 5.69 Å². The van der Waals surface area contributed by atoms with Crippen LogP contribution in [0.25, 0.3) is 0 Å². The zero-order valence-corrected chi connectivity index (χ0v) is 21.6. The van der Waals surface area contributed by atoms with E-state index in [9.17, 15) is 13.2 Å². The van der Waals surface area contributed by atoms with Crippen LogP contribution in [-0.2, 0) is 14.8 Å². The lowest BCUT2D eigenvalue weighted by Crippen LogP contribution is -2.48. The fourth-order valence-electron chi connectivity index (χ4n) is 4.19. The van der Waals surface area contributed by atoms with Crippen molar-refractivity contribution in [1.82, 2.24) is 4.31 Å². The predicted octanol–water partition coefficient (Wildman–Crippen LogP) is 5.64. The summed E-state index contributed by atoms with van der Waals surface area (Å²) in [4.78, 5) is 13.2. The van der Waals surface area contributed by atoms with E-state index in [0.29, 0.717) is 0 Å². The molecule has 2 aromatic rings. The number of para-hydroxylation sites is 1. The van der Waals surface area contributed by atoms with Crippen LogP contribution < -0.4 is 5.32 Å². The van der Waals surface area contributed by atoms with E-state index < -0.39 is 10.0 Å². The zero-order chi connectivity index (χ0) is 24.5. The maximum atomic E-state index is 13.4. The number of sulfonamides is 1. The second kappa shape index (κ2) is 10.1. The summed E-state index contributed by atoms with van der Waals surface area (Å²) < 4.78 is 33.8. The van der Waals surface area contributed by atoms with E-state index in [4.69, 9.17) is 16.3 Å². The fraction of sp³-hybridized carbons (Fsp3) is 0.480. The number of amides is 1. The van der Waals surface area contributed by atoms with Crippen molar-refractivity contribution < 1.29 is 17.9 Å². The summed E-state index contributed by atoms with van der Waals surface area (Å²) >= 11 is 6.30. The molecule has 0 radical (unpaired) electrons. The molecule has 6 nitrogen and oxygen atoms in total. The molecular formula is C25H33ClN2O4S. The Kier molecular flexibility index (Phi) is 7.89. The Balaban J connectivity index is 1.97. The lowest BCUT2D eigenvalue weighted by molar-refractivity contribution is -0.0440. The van der Waals surface area contributed by atoms with E-state index in [1.165, 1.54) is 16.4 Å². The highest BCUT2D eigenvalue weighted by Crippen LogP contribution is 2.33. The molecule has 2 atom stereocenters. The standard InChI is InChI=1S/C25H33ClN2O4S/c1-15(2)20-8-7-9-21(16(3)4)24(20)27-25(29)19-10-11-22(26)23(12-19)33(30,31)28-13-17(5)32-18(6)14-28/h7-12,15-18H,13-14H2,1-6H3,(H,27,29). The Labute approximate surface area is 202 Å². The molecule has 0 aliphatic carbocycles. The van der Waals surface area contributed by atoms with E-state index in [1.807, 2.05) is 32.0 Å². The Bertz CT molecular complexity index is 1090. The molecule has 2 aromatic carbocycles. The molecule has 2 unspecified atom stereocenters. The van der Waals surface area contributed by atoms with Gasteiger partial charge in [-0.2, -0.15) is 4.31 Å². The number of carbonyl (C=O) groups excluding carboxylic acids is 1. The Hall–Kier alpha value is -1.93. The number of nitrogens with zero attached hydrogens (tertiary/aromatic N) is 1. The number of anilines is 1. The molecule has 8 heteroatoms. The smallest absolute Gasteiger partial charge is 0.255 e. The first-order chi connectivity index (χ1) is 15.4. The van der Waals surface area contributed by atoms with Crippen LogP contribution in [0.2, 0.25) is 5.02 Å². The lowest BCUT2D eigenvalue weighted by atomic mass is 9.92. The number of halogens is 1. The molecule has 1 aliphatic heterocycles. The minimum atomic E-state index is -3.89. The molecule has 1 aliphatic rings. The van der Waals surface area contributed by atoms with Crippen LogP contribution in [-0.4, -0.2) is 43.9 Å². The third-order valence-corrected chi connectivity index (χ3v) is 8.12. The van der Waals surface area contributed by atoms with Gasteiger partial charge in [-0.15, -0.1) is 0 Å². The predicted molar refractivity (Wildman–Crippen MR) is 133 cm³/mol. The van der Waals surface area contributed by atoms with Crippen molar-refractivity contribution in [3.8, 4) is 0 Å². The molecule has 1 fully saturated rings. The molecular weight excluding hydrogens is 460 g/mol. The highest BCUT2D eigenvalue weighted by atomic mass is 35.5. The maximum absolute atomic E-state index is 13.4. The maximum Gasteiger partial charge on any atom is 0.255 e. The minimum Gasteiger partial charge on any atom is -0.373 e. The second-order valence-electron chi connectivity index (χ2n) is 9.30. The molecule has 180 valence electrons. The van der Waals surface area contributed by atoms with Crippen molar-refractivity contribution in [2.75, 3.05) is 18.4 Å². The first kappa shape index (κ1) is 25.7. The van der Waals surface area contributed by atoms with Gasteiger partial charge in [0.05, 0.1) is 17.2 Å². The number of carbonyl (C=O) groups is 1. The lowest BCUT2D eigenvalue weighted by Gasteiger charge is -2.34. The van der Waals surface area contributed by atoms with Gasteiger partial charge in [-0.25, -0.2) is 8.42 Å². The molecule has 0 bridgehead atoms. The molecule has 0 saturated carbocycles. The van der Waals surface area contributed by atoms with Gasteiger partial charge >= 0.3 is 0 Å².